The second kappa shape index (κ2) is 4.58. The number of aliphatic hydroxyl groups excluding tert-OH is 1. The van der Waals surface area contributed by atoms with E-state index in [9.17, 15) is 9.90 Å². The zero-order valence-electron chi connectivity index (χ0n) is 11.1. The molecule has 0 spiro atoms. The monoisotopic (exact) mass is 240 g/mol. The van der Waals surface area contributed by atoms with E-state index >= 15 is 0 Å². The van der Waals surface area contributed by atoms with Gasteiger partial charge in [0.05, 0.1) is 6.61 Å². The van der Waals surface area contributed by atoms with Gasteiger partial charge in [-0.1, -0.05) is 12.8 Å². The Morgan fingerprint density at radius 1 is 1.35 bits per heavy atom. The van der Waals surface area contributed by atoms with Gasteiger partial charge in [-0.3, -0.25) is 9.69 Å². The molecule has 0 aromatic heterocycles. The van der Waals surface area contributed by atoms with Crippen LogP contribution in [0, 0.1) is 0 Å². The highest BCUT2D eigenvalue weighted by molar-refractivity contribution is 5.83. The average molecular weight is 240 g/mol. The zero-order chi connectivity index (χ0) is 12.6. The number of piperazine rings is 1. The van der Waals surface area contributed by atoms with Gasteiger partial charge in [0.1, 0.15) is 6.04 Å². The van der Waals surface area contributed by atoms with Crippen molar-refractivity contribution in [2.75, 3.05) is 20.2 Å². The fraction of sp³-hybridized carbons (Fsp3) is 0.923. The van der Waals surface area contributed by atoms with Gasteiger partial charge in [-0.15, -0.1) is 0 Å². The normalized spacial score (nSPS) is 31.2. The third-order valence-electron chi connectivity index (χ3n) is 4.21. The molecule has 1 atom stereocenters. The summed E-state index contributed by atoms with van der Waals surface area (Å²) >= 11 is 0. The first-order valence-electron chi connectivity index (χ1n) is 6.61. The number of carbonyl (C=O) groups is 1. The van der Waals surface area contributed by atoms with Gasteiger partial charge in [0.15, 0.2) is 0 Å². The number of nitrogens with zero attached hydrogens (tertiary/aromatic N) is 2. The molecule has 1 saturated carbocycles. The summed E-state index contributed by atoms with van der Waals surface area (Å²) in [6.45, 7) is 5.04. The second-order valence-electron chi connectivity index (χ2n) is 6.05. The van der Waals surface area contributed by atoms with Crippen LogP contribution in [-0.2, 0) is 4.79 Å². The van der Waals surface area contributed by atoms with Crippen molar-refractivity contribution in [1.29, 1.82) is 0 Å². The van der Waals surface area contributed by atoms with E-state index in [-0.39, 0.29) is 24.1 Å². The average Bonchev–Trinajstić information content (AvgIpc) is 2.75. The first kappa shape index (κ1) is 12.8. The maximum atomic E-state index is 12.1. The fourth-order valence-electron chi connectivity index (χ4n) is 3.63. The number of hydrogen-bond donors (Lipinski definition) is 1. The molecular weight excluding hydrogens is 216 g/mol. The third kappa shape index (κ3) is 2.20. The number of aliphatic hydroxyl groups is 1. The number of amides is 1. The lowest BCUT2D eigenvalue weighted by atomic mass is 9.91. The largest absolute Gasteiger partial charge is 0.394 e. The van der Waals surface area contributed by atoms with E-state index in [0.717, 1.165) is 19.4 Å². The van der Waals surface area contributed by atoms with E-state index in [4.69, 9.17) is 0 Å². The molecule has 1 aliphatic carbocycles. The lowest BCUT2D eigenvalue weighted by Crippen LogP contribution is -2.68. The van der Waals surface area contributed by atoms with Gasteiger partial charge in [0, 0.05) is 25.2 Å². The van der Waals surface area contributed by atoms with E-state index in [1.807, 2.05) is 7.05 Å². The van der Waals surface area contributed by atoms with E-state index in [1.54, 1.807) is 4.90 Å². The van der Waals surface area contributed by atoms with Crippen LogP contribution in [0.1, 0.15) is 39.5 Å². The predicted molar refractivity (Wildman–Crippen MR) is 66.7 cm³/mol. The second-order valence-corrected chi connectivity index (χ2v) is 6.05. The van der Waals surface area contributed by atoms with Gasteiger partial charge in [-0.25, -0.2) is 0 Å². The van der Waals surface area contributed by atoms with E-state index in [2.05, 4.69) is 18.7 Å². The van der Waals surface area contributed by atoms with E-state index < -0.39 is 0 Å². The minimum absolute atomic E-state index is 0.0366. The molecule has 1 amide bonds. The lowest BCUT2D eigenvalue weighted by molar-refractivity contribution is -0.154. The summed E-state index contributed by atoms with van der Waals surface area (Å²) in [6, 6.07) is 0.131. The minimum atomic E-state index is -0.341. The first-order chi connectivity index (χ1) is 7.97. The molecule has 1 heterocycles. The summed E-state index contributed by atoms with van der Waals surface area (Å²) in [5.74, 6) is 0.0683. The number of rotatable bonds is 2. The minimum Gasteiger partial charge on any atom is -0.394 e. The van der Waals surface area contributed by atoms with Crippen molar-refractivity contribution < 1.29 is 9.90 Å². The fourth-order valence-corrected chi connectivity index (χ4v) is 3.63. The van der Waals surface area contributed by atoms with Crippen molar-refractivity contribution in [3.8, 4) is 0 Å². The quantitative estimate of drug-likeness (QED) is 0.778. The van der Waals surface area contributed by atoms with Gasteiger partial charge in [-0.05, 0) is 26.7 Å². The molecule has 1 saturated heterocycles. The summed E-state index contributed by atoms with van der Waals surface area (Å²) in [6.07, 6.45) is 4.83. The molecule has 1 unspecified atom stereocenters. The Kier molecular flexibility index (Phi) is 3.46. The van der Waals surface area contributed by atoms with Crippen molar-refractivity contribution in [2.24, 2.45) is 0 Å². The Morgan fingerprint density at radius 3 is 2.47 bits per heavy atom. The Morgan fingerprint density at radius 2 is 1.94 bits per heavy atom. The topological polar surface area (TPSA) is 43.8 Å². The molecule has 4 nitrogen and oxygen atoms in total. The van der Waals surface area contributed by atoms with Crippen LogP contribution >= 0.6 is 0 Å². The first-order valence-corrected chi connectivity index (χ1v) is 6.61. The summed E-state index contributed by atoms with van der Waals surface area (Å²) in [5, 5.41) is 9.55. The SMILES string of the molecule is CN1CC(C)(C)N(C2CCCC2)C(CO)C1=O. The van der Waals surface area contributed by atoms with Gasteiger partial charge in [0.2, 0.25) is 5.91 Å². The van der Waals surface area contributed by atoms with Crippen molar-refractivity contribution in [2.45, 2.75) is 57.2 Å². The molecule has 98 valence electrons. The lowest BCUT2D eigenvalue weighted by Gasteiger charge is -2.52. The number of carbonyl (C=O) groups excluding carboxylic acids is 1. The molecule has 1 aliphatic heterocycles. The predicted octanol–water partition coefficient (Wildman–Crippen LogP) is 0.842. The molecule has 4 heteroatoms. The molecule has 0 aromatic carbocycles. The maximum Gasteiger partial charge on any atom is 0.242 e. The molecule has 2 aliphatic rings. The number of likely N-dealkylation sites (N-methyl/N-ethyl adjacent to an activating group) is 1. The van der Waals surface area contributed by atoms with E-state index in [1.165, 1.54) is 12.8 Å². The smallest absolute Gasteiger partial charge is 0.242 e. The molecule has 2 rings (SSSR count). The highest BCUT2D eigenvalue weighted by Gasteiger charge is 2.46. The Bertz CT molecular complexity index is 298. The van der Waals surface area contributed by atoms with Gasteiger partial charge >= 0.3 is 0 Å². The van der Waals surface area contributed by atoms with Crippen LogP contribution in [-0.4, -0.2) is 58.6 Å². The molecule has 2 fully saturated rings. The van der Waals surface area contributed by atoms with E-state index in [0.29, 0.717) is 6.04 Å². The van der Waals surface area contributed by atoms with Crippen LogP contribution in [0.5, 0.6) is 0 Å². The van der Waals surface area contributed by atoms with Crippen molar-refractivity contribution in [1.82, 2.24) is 9.80 Å². The molecule has 0 radical (unpaired) electrons. The molecule has 17 heavy (non-hydrogen) atoms. The Balaban J connectivity index is 2.26. The van der Waals surface area contributed by atoms with Crippen LogP contribution in [0.2, 0.25) is 0 Å². The summed E-state index contributed by atoms with van der Waals surface area (Å²) in [5.41, 5.74) is -0.0366. The van der Waals surface area contributed by atoms with Crippen LogP contribution in [0.25, 0.3) is 0 Å². The van der Waals surface area contributed by atoms with Crippen LogP contribution < -0.4 is 0 Å². The summed E-state index contributed by atoms with van der Waals surface area (Å²) in [7, 11) is 1.83. The molecule has 1 N–H and O–H groups in total. The molecule has 0 bridgehead atoms. The van der Waals surface area contributed by atoms with Crippen molar-refractivity contribution in [3.63, 3.8) is 0 Å². The van der Waals surface area contributed by atoms with Gasteiger partial charge in [-0.2, -0.15) is 0 Å². The summed E-state index contributed by atoms with van der Waals surface area (Å²) in [4.78, 5) is 16.2. The highest BCUT2D eigenvalue weighted by Crippen LogP contribution is 2.34. The summed E-state index contributed by atoms with van der Waals surface area (Å²) < 4.78 is 0. The maximum absolute atomic E-state index is 12.1. The number of hydrogen-bond acceptors (Lipinski definition) is 3. The standard InChI is InChI=1S/C13H24N2O2/c1-13(2)9-14(3)12(17)11(8-16)15(13)10-6-4-5-7-10/h10-11,16H,4-9H2,1-3H3. The third-order valence-corrected chi connectivity index (χ3v) is 4.21. The van der Waals surface area contributed by atoms with Gasteiger partial charge < -0.3 is 10.0 Å². The van der Waals surface area contributed by atoms with Crippen LogP contribution in [0.3, 0.4) is 0 Å². The van der Waals surface area contributed by atoms with Crippen molar-refractivity contribution in [3.05, 3.63) is 0 Å². The van der Waals surface area contributed by atoms with Gasteiger partial charge in [0.25, 0.3) is 0 Å². The molecule has 0 aromatic rings. The Hall–Kier alpha value is -0.610. The Labute approximate surface area is 104 Å². The van der Waals surface area contributed by atoms with Crippen molar-refractivity contribution >= 4 is 5.91 Å². The highest BCUT2D eigenvalue weighted by atomic mass is 16.3. The van der Waals surface area contributed by atoms with Crippen LogP contribution in [0.4, 0.5) is 0 Å². The van der Waals surface area contributed by atoms with Crippen LogP contribution in [0.15, 0.2) is 0 Å². The molecular formula is C13H24N2O2. The zero-order valence-corrected chi connectivity index (χ0v) is 11.1.